The minimum absolute atomic E-state index is 1.34. The van der Waals surface area contributed by atoms with Gasteiger partial charge in [0, 0.05) is 0 Å². The number of aliphatic hydroxyl groups is 3. The summed E-state index contributed by atoms with van der Waals surface area (Å²) in [6.45, 7) is 0.580. The van der Waals surface area contributed by atoms with Crippen LogP contribution in [-0.2, 0) is 14.2 Å². The van der Waals surface area contributed by atoms with Gasteiger partial charge in [0.1, 0.15) is 24.3 Å². The zero-order valence-electron chi connectivity index (χ0n) is 12.3. The molecule has 88 valence electrons. The van der Waals surface area contributed by atoms with E-state index in [1.807, 2.05) is 0 Å². The van der Waals surface area contributed by atoms with E-state index >= 15 is 0 Å². The fraction of sp³-hybridized carbons (Fsp3) is 1.00. The van der Waals surface area contributed by atoms with Crippen molar-refractivity contribution in [3.8, 4) is 0 Å². The van der Waals surface area contributed by atoms with Crippen molar-refractivity contribution in [2.24, 2.45) is 0 Å². The van der Waals surface area contributed by atoms with Crippen molar-refractivity contribution in [3.05, 3.63) is 0 Å². The summed E-state index contributed by atoms with van der Waals surface area (Å²) in [5.41, 5.74) is 0. The molecule has 2 fully saturated rings. The van der Waals surface area contributed by atoms with Crippen LogP contribution in [0.25, 0.3) is 0 Å². The Kier molecular flexibility index (Phi) is 1.74. The van der Waals surface area contributed by atoms with Crippen LogP contribution < -0.4 is 0 Å². The van der Waals surface area contributed by atoms with Gasteiger partial charge in [-0.1, -0.05) is 0 Å². The summed E-state index contributed by atoms with van der Waals surface area (Å²) >= 11 is 0. The van der Waals surface area contributed by atoms with Crippen LogP contribution in [0.15, 0.2) is 0 Å². The molecule has 0 aromatic rings. The summed E-state index contributed by atoms with van der Waals surface area (Å²) in [7, 11) is 0. The van der Waals surface area contributed by atoms with Crippen LogP contribution in [0.3, 0.4) is 0 Å². The van der Waals surface area contributed by atoms with Crippen molar-refractivity contribution in [1.29, 1.82) is 0 Å². The lowest BCUT2D eigenvalue weighted by molar-refractivity contribution is -0.262. The third-order valence-electron chi connectivity index (χ3n) is 2.06. The molecule has 6 heteroatoms. The summed E-state index contributed by atoms with van der Waals surface area (Å²) in [5.74, 6) is -1.52. The molecule has 15 heavy (non-hydrogen) atoms. The Balaban J connectivity index is 2.53. The first kappa shape index (κ1) is 7.16. The van der Waals surface area contributed by atoms with Crippen LogP contribution >= 0.6 is 0 Å². The first-order chi connectivity index (χ1) is 8.37. The Morgan fingerprint density at radius 1 is 1.33 bits per heavy atom. The Morgan fingerprint density at radius 2 is 1.93 bits per heavy atom. The van der Waals surface area contributed by atoms with Crippen LogP contribution in [-0.4, -0.2) is 58.3 Å². The molecule has 2 saturated heterocycles. The highest BCUT2D eigenvalue weighted by Gasteiger charge is 2.54. The second-order valence-corrected chi connectivity index (χ2v) is 3.74. The van der Waals surface area contributed by atoms with Crippen LogP contribution in [0.5, 0.6) is 0 Å². The molecular weight excluding hydrogens is 204 g/mol. The molecule has 0 spiro atoms. The number of ether oxygens (including phenoxy) is 3. The number of aliphatic hydroxyl groups excluding tert-OH is 2. The van der Waals surface area contributed by atoms with Gasteiger partial charge in [0.05, 0.1) is 12.1 Å². The fourth-order valence-electron chi connectivity index (χ4n) is 1.47. The van der Waals surface area contributed by atoms with E-state index in [0.29, 0.717) is 0 Å². The summed E-state index contributed by atoms with van der Waals surface area (Å²) in [6.07, 6.45) is -12.3. The van der Waals surface area contributed by atoms with Crippen molar-refractivity contribution in [1.82, 2.24) is 0 Å². The lowest BCUT2D eigenvalue weighted by Crippen LogP contribution is -2.57. The topological polar surface area (TPSA) is 88.4 Å². The van der Waals surface area contributed by atoms with E-state index in [-0.39, 0.29) is 0 Å². The first-order valence-electron chi connectivity index (χ1n) is 6.52. The van der Waals surface area contributed by atoms with Crippen molar-refractivity contribution in [2.75, 3.05) is 6.58 Å². The second kappa shape index (κ2) is 3.65. The summed E-state index contributed by atoms with van der Waals surface area (Å²) in [5, 5.41) is 29.0. The summed E-state index contributed by atoms with van der Waals surface area (Å²) in [4.78, 5) is 0. The van der Waals surface area contributed by atoms with Crippen LogP contribution in [0.1, 0.15) is 19.3 Å². The third kappa shape index (κ3) is 1.89. The standard InChI is InChI=1S/C9H16O6/c1-9(2)14-6-5(11)4(3-10)13-8(12)7(6)15-9/h4-8,10-12H,3H2,1-2H3/t4-,5-,6+,7+,8?/m1/s1/i3D,5D,6D,7D/t3?,4-,5-,6+,7+,8?. The molecule has 3 N–H and O–H groups in total. The van der Waals surface area contributed by atoms with E-state index in [2.05, 4.69) is 0 Å². The highest BCUT2D eigenvalue weighted by atomic mass is 16.8. The second-order valence-electron chi connectivity index (χ2n) is 3.74. The molecule has 0 saturated carbocycles. The van der Waals surface area contributed by atoms with E-state index in [1.54, 1.807) is 0 Å². The van der Waals surface area contributed by atoms with Crippen molar-refractivity contribution in [3.63, 3.8) is 0 Å². The lowest BCUT2D eigenvalue weighted by atomic mass is 9.99. The van der Waals surface area contributed by atoms with Crippen molar-refractivity contribution >= 4 is 0 Å². The molecule has 0 radical (unpaired) electrons. The van der Waals surface area contributed by atoms with Gasteiger partial charge in [-0.3, -0.25) is 0 Å². The average molecular weight is 224 g/mol. The molecule has 2 unspecified atom stereocenters. The number of rotatable bonds is 1. The Hall–Kier alpha value is -0.240. The van der Waals surface area contributed by atoms with Gasteiger partial charge in [-0.2, -0.15) is 0 Å². The summed E-state index contributed by atoms with van der Waals surface area (Å²) in [6, 6.07) is 0. The molecule has 6 atom stereocenters. The normalized spacial score (nSPS) is 69.7. The molecule has 0 amide bonds. The predicted molar refractivity (Wildman–Crippen MR) is 47.8 cm³/mol. The molecule has 0 aliphatic carbocycles. The van der Waals surface area contributed by atoms with Gasteiger partial charge in [-0.15, -0.1) is 0 Å². The molecule has 2 heterocycles. The quantitative estimate of drug-likeness (QED) is 0.506. The van der Waals surface area contributed by atoms with Crippen LogP contribution in [0.4, 0.5) is 0 Å². The first-order valence-corrected chi connectivity index (χ1v) is 4.44. The maximum Gasteiger partial charge on any atom is 0.184 e. The Labute approximate surface area is 93.0 Å². The molecule has 2 rings (SSSR count). The minimum Gasteiger partial charge on any atom is -0.394 e. The molecule has 0 bridgehead atoms. The lowest BCUT2D eigenvalue weighted by Gasteiger charge is -2.36. The maximum atomic E-state index is 10.1. The van der Waals surface area contributed by atoms with E-state index in [1.165, 1.54) is 13.8 Å². The van der Waals surface area contributed by atoms with Crippen molar-refractivity contribution < 1.29 is 35.0 Å². The molecule has 0 aromatic carbocycles. The van der Waals surface area contributed by atoms with Gasteiger partial charge in [-0.05, 0) is 13.8 Å². The predicted octanol–water partition coefficient (Wildman–Crippen LogP) is -1.42. The van der Waals surface area contributed by atoms with Gasteiger partial charge >= 0.3 is 0 Å². The largest absolute Gasteiger partial charge is 0.394 e. The van der Waals surface area contributed by atoms with Crippen LogP contribution in [0, 0.1) is 0 Å². The van der Waals surface area contributed by atoms with E-state index < -0.39 is 43.0 Å². The van der Waals surface area contributed by atoms with E-state index in [4.69, 9.17) is 19.7 Å². The number of hydrogen-bond acceptors (Lipinski definition) is 6. The monoisotopic (exact) mass is 224 g/mol. The molecule has 2 aliphatic heterocycles. The number of fused-ring (bicyclic) bond motifs is 1. The van der Waals surface area contributed by atoms with Crippen LogP contribution in [0.2, 0.25) is 0 Å². The molecule has 2 aliphatic rings. The SMILES string of the molecule is [2H]C(O)[C@H]1OC(O)[C@@]2([2H])OC(C)(C)O[C@@]2([2H])[C@]1([2H])O. The van der Waals surface area contributed by atoms with Gasteiger partial charge in [-0.25, -0.2) is 0 Å². The van der Waals surface area contributed by atoms with Crippen molar-refractivity contribution in [2.45, 2.75) is 50.3 Å². The van der Waals surface area contributed by atoms with Gasteiger partial charge in [0.15, 0.2) is 12.1 Å². The van der Waals surface area contributed by atoms with Gasteiger partial charge in [0.25, 0.3) is 0 Å². The zero-order valence-corrected chi connectivity index (χ0v) is 8.30. The highest BCUT2D eigenvalue weighted by Crippen LogP contribution is 2.36. The molecule has 6 nitrogen and oxygen atoms in total. The summed E-state index contributed by atoms with van der Waals surface area (Å²) < 4.78 is 45.7. The van der Waals surface area contributed by atoms with Gasteiger partial charge < -0.3 is 29.5 Å². The maximum absolute atomic E-state index is 10.1. The van der Waals surface area contributed by atoms with Gasteiger partial charge in [0.2, 0.25) is 0 Å². The highest BCUT2D eigenvalue weighted by molar-refractivity contribution is 4.95. The Bertz CT molecular complexity index is 391. The van der Waals surface area contributed by atoms with E-state index in [9.17, 15) is 15.3 Å². The minimum atomic E-state index is -2.98. The number of hydrogen-bond donors (Lipinski definition) is 3. The smallest absolute Gasteiger partial charge is 0.184 e. The fourth-order valence-corrected chi connectivity index (χ4v) is 1.47. The average Bonchev–Trinajstić information content (AvgIpc) is 2.41. The molecule has 0 aromatic heterocycles. The zero-order chi connectivity index (χ0) is 14.9. The molecular formula is C9H16O6. The Morgan fingerprint density at radius 3 is 2.53 bits per heavy atom. The third-order valence-corrected chi connectivity index (χ3v) is 2.06. The van der Waals surface area contributed by atoms with E-state index in [0.717, 1.165) is 0 Å².